The van der Waals surface area contributed by atoms with Gasteiger partial charge in [0.2, 0.25) is 0 Å². The van der Waals surface area contributed by atoms with Gasteiger partial charge in [0.15, 0.2) is 11.5 Å². The third-order valence-electron chi connectivity index (χ3n) is 5.41. The molecule has 1 fully saturated rings. The van der Waals surface area contributed by atoms with Gasteiger partial charge in [-0.15, -0.1) is 0 Å². The summed E-state index contributed by atoms with van der Waals surface area (Å²) in [6.45, 7) is 3.47. The molecule has 0 aliphatic carbocycles. The Kier molecular flexibility index (Phi) is 6.27. The Hall–Kier alpha value is -2.63. The van der Waals surface area contributed by atoms with Crippen LogP contribution in [0.15, 0.2) is 54.7 Å². The van der Waals surface area contributed by atoms with E-state index in [-0.39, 0.29) is 0 Å². The van der Waals surface area contributed by atoms with Crippen LogP contribution in [0.2, 0.25) is 0 Å². The van der Waals surface area contributed by atoms with Crippen LogP contribution in [0, 0.1) is 0 Å². The summed E-state index contributed by atoms with van der Waals surface area (Å²) in [4.78, 5) is 6.88. The molecule has 2 aromatic carbocycles. The second-order valence-corrected chi connectivity index (χ2v) is 7.52. The van der Waals surface area contributed by atoms with Crippen LogP contribution in [0.4, 0.5) is 0 Å². The summed E-state index contributed by atoms with van der Waals surface area (Å²) in [7, 11) is 3.34. The van der Waals surface area contributed by atoms with Gasteiger partial charge in [-0.3, -0.25) is 9.88 Å². The van der Waals surface area contributed by atoms with Crippen LogP contribution in [0.5, 0.6) is 11.5 Å². The molecular weight excluding hydrogens is 364 g/mol. The summed E-state index contributed by atoms with van der Waals surface area (Å²) in [6.07, 6.45) is 4.42. The van der Waals surface area contributed by atoms with Crippen molar-refractivity contribution in [1.82, 2.24) is 9.88 Å². The van der Waals surface area contributed by atoms with Gasteiger partial charge in [-0.1, -0.05) is 18.2 Å². The zero-order valence-electron chi connectivity index (χ0n) is 17.1. The van der Waals surface area contributed by atoms with Crippen LogP contribution in [-0.4, -0.2) is 43.4 Å². The third-order valence-corrected chi connectivity index (χ3v) is 5.41. The van der Waals surface area contributed by atoms with Crippen LogP contribution in [0.1, 0.15) is 24.0 Å². The Morgan fingerprint density at radius 1 is 1.00 bits per heavy atom. The Morgan fingerprint density at radius 2 is 1.79 bits per heavy atom. The van der Waals surface area contributed by atoms with E-state index in [1.165, 1.54) is 16.5 Å². The lowest BCUT2D eigenvalue weighted by Crippen LogP contribution is -2.31. The lowest BCUT2D eigenvalue weighted by Gasteiger charge is -2.26. The number of pyridine rings is 1. The van der Waals surface area contributed by atoms with E-state index in [0.29, 0.717) is 6.10 Å². The number of benzene rings is 2. The molecule has 5 heteroatoms. The molecular formula is C24H28N2O3. The average molecular weight is 392 g/mol. The van der Waals surface area contributed by atoms with E-state index in [0.717, 1.165) is 56.1 Å². The molecule has 5 nitrogen and oxygen atoms in total. The molecule has 0 bridgehead atoms. The standard InChI is InChI=1S/C24H28N2O3/c1-27-23-10-8-19(14-24(23)28-2)16-26(17-21-6-4-12-29-21)15-18-7-9-22-20(13-18)5-3-11-25-22/h3,5,7-11,13-14,21H,4,6,12,15-17H2,1-2H3/t21-/m1/s1. The lowest BCUT2D eigenvalue weighted by atomic mass is 10.1. The van der Waals surface area contributed by atoms with Crippen molar-refractivity contribution >= 4 is 10.9 Å². The molecule has 0 unspecified atom stereocenters. The molecule has 1 aliphatic heterocycles. The summed E-state index contributed by atoms with van der Waals surface area (Å²) in [6, 6.07) is 16.8. The minimum Gasteiger partial charge on any atom is -0.493 e. The molecule has 1 aromatic heterocycles. The van der Waals surface area contributed by atoms with Crippen molar-refractivity contribution in [3.63, 3.8) is 0 Å². The fourth-order valence-electron chi connectivity index (χ4n) is 3.98. The lowest BCUT2D eigenvalue weighted by molar-refractivity contribution is 0.0679. The summed E-state index contributed by atoms with van der Waals surface area (Å²) in [5.74, 6) is 1.52. The van der Waals surface area contributed by atoms with Gasteiger partial charge < -0.3 is 14.2 Å². The van der Waals surface area contributed by atoms with E-state index in [4.69, 9.17) is 14.2 Å². The van der Waals surface area contributed by atoms with Gasteiger partial charge in [0, 0.05) is 37.8 Å². The first-order chi connectivity index (χ1) is 14.2. The van der Waals surface area contributed by atoms with Gasteiger partial charge >= 0.3 is 0 Å². The molecule has 4 rings (SSSR count). The Bertz CT molecular complexity index is 954. The van der Waals surface area contributed by atoms with E-state index in [9.17, 15) is 0 Å². The Balaban J connectivity index is 1.55. The summed E-state index contributed by atoms with van der Waals surface area (Å²) in [5.41, 5.74) is 3.51. The van der Waals surface area contributed by atoms with E-state index in [2.05, 4.69) is 46.3 Å². The first-order valence-corrected chi connectivity index (χ1v) is 10.1. The molecule has 29 heavy (non-hydrogen) atoms. The minimum atomic E-state index is 0.303. The highest BCUT2D eigenvalue weighted by molar-refractivity contribution is 5.78. The molecule has 0 radical (unpaired) electrons. The van der Waals surface area contributed by atoms with Gasteiger partial charge in [0.25, 0.3) is 0 Å². The number of ether oxygens (including phenoxy) is 3. The largest absolute Gasteiger partial charge is 0.493 e. The summed E-state index contributed by atoms with van der Waals surface area (Å²) < 4.78 is 16.8. The van der Waals surface area contributed by atoms with Gasteiger partial charge in [0.1, 0.15) is 0 Å². The van der Waals surface area contributed by atoms with Crippen molar-refractivity contribution in [3.05, 3.63) is 65.9 Å². The number of hydrogen-bond acceptors (Lipinski definition) is 5. The molecule has 1 saturated heterocycles. The molecule has 0 saturated carbocycles. The first kappa shape index (κ1) is 19.7. The topological polar surface area (TPSA) is 43.8 Å². The average Bonchev–Trinajstić information content (AvgIpc) is 3.26. The van der Waals surface area contributed by atoms with E-state index in [1.54, 1.807) is 14.2 Å². The normalized spacial score (nSPS) is 16.4. The molecule has 1 aliphatic rings. The van der Waals surface area contributed by atoms with Crippen molar-refractivity contribution in [1.29, 1.82) is 0 Å². The predicted octanol–water partition coefficient (Wildman–Crippen LogP) is 4.43. The maximum atomic E-state index is 5.91. The van der Waals surface area contributed by atoms with Crippen LogP contribution in [-0.2, 0) is 17.8 Å². The molecule has 0 amide bonds. The molecule has 0 N–H and O–H groups in total. The number of hydrogen-bond donors (Lipinski definition) is 0. The maximum absolute atomic E-state index is 5.91. The second kappa shape index (κ2) is 9.25. The molecule has 1 atom stereocenters. The van der Waals surface area contributed by atoms with E-state index >= 15 is 0 Å². The predicted molar refractivity (Wildman–Crippen MR) is 114 cm³/mol. The fourth-order valence-corrected chi connectivity index (χ4v) is 3.98. The van der Waals surface area contributed by atoms with Gasteiger partial charge in [-0.05, 0) is 54.3 Å². The van der Waals surface area contributed by atoms with Crippen molar-refractivity contribution in [2.45, 2.75) is 32.0 Å². The van der Waals surface area contributed by atoms with Crippen LogP contribution in [0.25, 0.3) is 10.9 Å². The second-order valence-electron chi connectivity index (χ2n) is 7.52. The van der Waals surface area contributed by atoms with Crippen LogP contribution >= 0.6 is 0 Å². The molecule has 0 spiro atoms. The van der Waals surface area contributed by atoms with Crippen molar-refractivity contribution in [3.8, 4) is 11.5 Å². The maximum Gasteiger partial charge on any atom is 0.161 e. The van der Waals surface area contributed by atoms with Crippen LogP contribution in [0.3, 0.4) is 0 Å². The SMILES string of the molecule is COc1ccc(CN(Cc2ccc3ncccc3c2)C[C@H]2CCCO2)cc1OC. The first-order valence-electron chi connectivity index (χ1n) is 10.1. The summed E-state index contributed by atoms with van der Waals surface area (Å²) in [5, 5.41) is 1.17. The molecule has 2 heterocycles. The van der Waals surface area contributed by atoms with Crippen LogP contribution < -0.4 is 9.47 Å². The number of nitrogens with zero attached hydrogens (tertiary/aromatic N) is 2. The quantitative estimate of drug-likeness (QED) is 0.567. The third kappa shape index (κ3) is 4.86. The number of rotatable bonds is 8. The minimum absolute atomic E-state index is 0.303. The number of methoxy groups -OCH3 is 2. The van der Waals surface area contributed by atoms with E-state index < -0.39 is 0 Å². The van der Waals surface area contributed by atoms with Crippen molar-refractivity contribution in [2.75, 3.05) is 27.4 Å². The fraction of sp³-hybridized carbons (Fsp3) is 0.375. The number of fused-ring (bicyclic) bond motifs is 1. The number of aromatic nitrogens is 1. The van der Waals surface area contributed by atoms with Gasteiger partial charge in [-0.2, -0.15) is 0 Å². The smallest absolute Gasteiger partial charge is 0.161 e. The zero-order chi connectivity index (χ0) is 20.1. The highest BCUT2D eigenvalue weighted by Crippen LogP contribution is 2.28. The van der Waals surface area contributed by atoms with Crippen molar-refractivity contribution in [2.24, 2.45) is 0 Å². The van der Waals surface area contributed by atoms with Gasteiger partial charge in [-0.25, -0.2) is 0 Å². The monoisotopic (exact) mass is 392 g/mol. The Morgan fingerprint density at radius 3 is 2.55 bits per heavy atom. The van der Waals surface area contributed by atoms with Gasteiger partial charge in [0.05, 0.1) is 25.8 Å². The highest BCUT2D eigenvalue weighted by Gasteiger charge is 2.20. The van der Waals surface area contributed by atoms with Crippen molar-refractivity contribution < 1.29 is 14.2 Å². The summed E-state index contributed by atoms with van der Waals surface area (Å²) >= 11 is 0. The van der Waals surface area contributed by atoms with E-state index in [1.807, 2.05) is 18.3 Å². The zero-order valence-corrected chi connectivity index (χ0v) is 17.1. The highest BCUT2D eigenvalue weighted by atomic mass is 16.5. The molecule has 152 valence electrons. The molecule has 3 aromatic rings. The Labute approximate surface area is 172 Å².